The SMILES string of the molecule is C=CC(=O)NC(C)CC.S. The van der Waals surface area contributed by atoms with Gasteiger partial charge in [-0.25, -0.2) is 0 Å². The van der Waals surface area contributed by atoms with E-state index in [9.17, 15) is 4.79 Å². The molecular formula is C7H15NOS. The van der Waals surface area contributed by atoms with Crippen LogP contribution in [0.4, 0.5) is 0 Å². The van der Waals surface area contributed by atoms with Gasteiger partial charge >= 0.3 is 0 Å². The van der Waals surface area contributed by atoms with Crippen molar-refractivity contribution in [2.24, 2.45) is 0 Å². The van der Waals surface area contributed by atoms with Gasteiger partial charge < -0.3 is 5.32 Å². The lowest BCUT2D eigenvalue weighted by atomic mass is 10.2. The quantitative estimate of drug-likeness (QED) is 0.619. The summed E-state index contributed by atoms with van der Waals surface area (Å²) in [6, 6.07) is 0.260. The highest BCUT2D eigenvalue weighted by atomic mass is 32.1. The number of nitrogens with one attached hydrogen (secondary N) is 1. The maximum Gasteiger partial charge on any atom is 0.243 e. The molecule has 0 aromatic heterocycles. The third-order valence-corrected chi connectivity index (χ3v) is 1.19. The minimum absolute atomic E-state index is 0. The van der Waals surface area contributed by atoms with Gasteiger partial charge in [-0.05, 0) is 19.4 Å². The molecule has 0 fully saturated rings. The van der Waals surface area contributed by atoms with Gasteiger partial charge in [0, 0.05) is 6.04 Å². The van der Waals surface area contributed by atoms with Crippen molar-refractivity contribution in [1.29, 1.82) is 0 Å². The normalized spacial score (nSPS) is 11.0. The first-order valence-electron chi connectivity index (χ1n) is 3.13. The summed E-state index contributed by atoms with van der Waals surface area (Å²) in [4.78, 5) is 10.6. The van der Waals surface area contributed by atoms with Crippen LogP contribution in [0.15, 0.2) is 12.7 Å². The standard InChI is InChI=1S/C7H13NO.H2S/c1-4-6(3)8-7(9)5-2;/h5-6H,2,4H2,1,3H3,(H,8,9);1H2. The van der Waals surface area contributed by atoms with Crippen LogP contribution in [-0.2, 0) is 4.79 Å². The van der Waals surface area contributed by atoms with Crippen LogP contribution >= 0.6 is 13.5 Å². The molecule has 60 valence electrons. The Hall–Kier alpha value is -0.440. The molecule has 0 radical (unpaired) electrons. The second-order valence-corrected chi connectivity index (χ2v) is 2.02. The van der Waals surface area contributed by atoms with Crippen molar-refractivity contribution in [3.8, 4) is 0 Å². The fraction of sp³-hybridized carbons (Fsp3) is 0.571. The van der Waals surface area contributed by atoms with Crippen molar-refractivity contribution in [2.45, 2.75) is 26.3 Å². The van der Waals surface area contributed by atoms with Gasteiger partial charge in [0.1, 0.15) is 0 Å². The van der Waals surface area contributed by atoms with Crippen LogP contribution < -0.4 is 5.32 Å². The summed E-state index contributed by atoms with van der Waals surface area (Å²) in [6.45, 7) is 7.32. The van der Waals surface area contributed by atoms with E-state index in [2.05, 4.69) is 11.9 Å². The van der Waals surface area contributed by atoms with Crippen molar-refractivity contribution in [2.75, 3.05) is 0 Å². The smallest absolute Gasteiger partial charge is 0.243 e. The van der Waals surface area contributed by atoms with Crippen LogP contribution in [0.25, 0.3) is 0 Å². The van der Waals surface area contributed by atoms with Gasteiger partial charge in [-0.15, -0.1) is 0 Å². The van der Waals surface area contributed by atoms with Crippen molar-refractivity contribution in [1.82, 2.24) is 5.32 Å². The van der Waals surface area contributed by atoms with E-state index in [1.807, 2.05) is 13.8 Å². The van der Waals surface area contributed by atoms with E-state index in [1.165, 1.54) is 6.08 Å². The van der Waals surface area contributed by atoms with Gasteiger partial charge in [0.15, 0.2) is 0 Å². The van der Waals surface area contributed by atoms with Crippen LogP contribution in [0.2, 0.25) is 0 Å². The average Bonchev–Trinajstić information content (AvgIpc) is 1.87. The van der Waals surface area contributed by atoms with Gasteiger partial charge in [0.2, 0.25) is 5.91 Å². The number of rotatable bonds is 3. The minimum atomic E-state index is -0.0932. The first-order chi connectivity index (χ1) is 4.20. The summed E-state index contributed by atoms with van der Waals surface area (Å²) in [7, 11) is 0. The molecule has 0 aliphatic carbocycles. The number of carbonyl (C=O) groups excluding carboxylic acids is 1. The molecule has 0 aliphatic heterocycles. The van der Waals surface area contributed by atoms with E-state index in [0.717, 1.165) is 6.42 Å². The average molecular weight is 161 g/mol. The highest BCUT2D eigenvalue weighted by Gasteiger charge is 1.98. The summed E-state index contributed by atoms with van der Waals surface area (Å²) in [5.41, 5.74) is 0. The monoisotopic (exact) mass is 161 g/mol. The third kappa shape index (κ3) is 5.69. The van der Waals surface area contributed by atoms with E-state index in [0.29, 0.717) is 0 Å². The molecule has 0 rings (SSSR count). The largest absolute Gasteiger partial charge is 0.350 e. The Morgan fingerprint density at radius 1 is 1.80 bits per heavy atom. The molecule has 0 heterocycles. The molecule has 3 heteroatoms. The van der Waals surface area contributed by atoms with E-state index in [-0.39, 0.29) is 25.4 Å². The van der Waals surface area contributed by atoms with Crippen molar-refractivity contribution in [3.05, 3.63) is 12.7 Å². The Kier molecular flexibility index (Phi) is 8.18. The highest BCUT2D eigenvalue weighted by Crippen LogP contribution is 1.86. The Labute approximate surface area is 69.1 Å². The topological polar surface area (TPSA) is 29.1 Å². The lowest BCUT2D eigenvalue weighted by Crippen LogP contribution is -2.30. The van der Waals surface area contributed by atoms with E-state index < -0.39 is 0 Å². The summed E-state index contributed by atoms with van der Waals surface area (Å²) in [5, 5.41) is 2.72. The highest BCUT2D eigenvalue weighted by molar-refractivity contribution is 7.59. The first kappa shape index (κ1) is 12.3. The van der Waals surface area contributed by atoms with Gasteiger partial charge in [-0.2, -0.15) is 13.5 Å². The van der Waals surface area contributed by atoms with Crippen molar-refractivity contribution in [3.63, 3.8) is 0 Å². The Bertz CT molecular complexity index is 114. The first-order valence-corrected chi connectivity index (χ1v) is 3.13. The molecule has 1 amide bonds. The molecule has 0 saturated heterocycles. The Morgan fingerprint density at radius 2 is 2.30 bits per heavy atom. The summed E-state index contributed by atoms with van der Waals surface area (Å²) in [6.07, 6.45) is 2.24. The molecule has 0 aromatic carbocycles. The molecule has 0 saturated carbocycles. The number of carbonyl (C=O) groups is 1. The van der Waals surface area contributed by atoms with Gasteiger partial charge in [-0.1, -0.05) is 13.5 Å². The molecule has 0 aromatic rings. The van der Waals surface area contributed by atoms with Gasteiger partial charge in [-0.3, -0.25) is 4.79 Å². The van der Waals surface area contributed by atoms with E-state index in [4.69, 9.17) is 0 Å². The molecule has 0 bridgehead atoms. The zero-order valence-corrected chi connectivity index (χ0v) is 7.48. The molecular weight excluding hydrogens is 146 g/mol. The maximum atomic E-state index is 10.6. The molecule has 1 unspecified atom stereocenters. The van der Waals surface area contributed by atoms with Crippen LogP contribution in [0, 0.1) is 0 Å². The second kappa shape index (κ2) is 6.68. The molecule has 2 nitrogen and oxygen atoms in total. The van der Waals surface area contributed by atoms with Crippen LogP contribution in [-0.4, -0.2) is 11.9 Å². The van der Waals surface area contributed by atoms with Crippen LogP contribution in [0.3, 0.4) is 0 Å². The summed E-state index contributed by atoms with van der Waals surface area (Å²) < 4.78 is 0. The molecule has 0 aliphatic rings. The maximum absolute atomic E-state index is 10.6. The van der Waals surface area contributed by atoms with Gasteiger partial charge in [0.25, 0.3) is 0 Å². The van der Waals surface area contributed by atoms with Gasteiger partial charge in [0.05, 0.1) is 0 Å². The molecule has 0 spiro atoms. The van der Waals surface area contributed by atoms with E-state index >= 15 is 0 Å². The van der Waals surface area contributed by atoms with E-state index in [1.54, 1.807) is 0 Å². The minimum Gasteiger partial charge on any atom is -0.350 e. The zero-order valence-electron chi connectivity index (χ0n) is 6.48. The predicted molar refractivity (Wildman–Crippen MR) is 48.5 cm³/mol. The second-order valence-electron chi connectivity index (χ2n) is 2.02. The number of hydrogen-bond acceptors (Lipinski definition) is 1. The predicted octanol–water partition coefficient (Wildman–Crippen LogP) is 1.20. The van der Waals surface area contributed by atoms with Crippen molar-refractivity contribution >= 4 is 19.4 Å². The lowest BCUT2D eigenvalue weighted by Gasteiger charge is -2.07. The zero-order chi connectivity index (χ0) is 7.28. The number of amides is 1. The fourth-order valence-electron chi connectivity index (χ4n) is 0.404. The number of hydrogen-bond donors (Lipinski definition) is 1. The molecule has 1 atom stereocenters. The fourth-order valence-corrected chi connectivity index (χ4v) is 0.404. The molecule has 1 N–H and O–H groups in total. The van der Waals surface area contributed by atoms with Crippen LogP contribution in [0.1, 0.15) is 20.3 Å². The van der Waals surface area contributed by atoms with Crippen LogP contribution in [0.5, 0.6) is 0 Å². The third-order valence-electron chi connectivity index (χ3n) is 1.19. The lowest BCUT2D eigenvalue weighted by molar-refractivity contribution is -0.117. The Balaban J connectivity index is 0. The summed E-state index contributed by atoms with van der Waals surface area (Å²) >= 11 is 0. The van der Waals surface area contributed by atoms with Crippen molar-refractivity contribution < 1.29 is 4.79 Å². The molecule has 10 heavy (non-hydrogen) atoms. The Morgan fingerprint density at radius 3 is 2.60 bits per heavy atom. The summed E-state index contributed by atoms with van der Waals surface area (Å²) in [5.74, 6) is -0.0932.